The van der Waals surface area contributed by atoms with Gasteiger partial charge in [0.15, 0.2) is 0 Å². The van der Waals surface area contributed by atoms with Crippen molar-refractivity contribution in [2.45, 2.75) is 36.5 Å². The number of carbonyl (C=O) groups excluding carboxylic acids is 2. The van der Waals surface area contributed by atoms with E-state index in [1.807, 2.05) is 0 Å². The van der Waals surface area contributed by atoms with Crippen LogP contribution in [0.15, 0.2) is 23.1 Å². The molecule has 1 fully saturated rings. The molecule has 0 saturated carbocycles. The van der Waals surface area contributed by atoms with Crippen LogP contribution in [-0.2, 0) is 9.59 Å². The van der Waals surface area contributed by atoms with Gasteiger partial charge in [-0.3, -0.25) is 14.5 Å². The van der Waals surface area contributed by atoms with Crippen LogP contribution in [0.1, 0.15) is 20.3 Å². The highest BCUT2D eigenvalue weighted by Gasteiger charge is 2.40. The van der Waals surface area contributed by atoms with Gasteiger partial charge in [-0.15, -0.1) is 11.8 Å². The molecule has 4 nitrogen and oxygen atoms in total. The Balaban J connectivity index is 2.19. The van der Waals surface area contributed by atoms with E-state index >= 15 is 0 Å². The van der Waals surface area contributed by atoms with Crippen molar-refractivity contribution in [3.05, 3.63) is 24.0 Å². The maximum Gasteiger partial charge on any atom is 0.243 e. The average Bonchev–Trinajstić information content (AvgIpc) is 2.59. The van der Waals surface area contributed by atoms with Gasteiger partial charge in [-0.25, -0.2) is 4.39 Å². The minimum absolute atomic E-state index is 0.137. The molecule has 2 amide bonds. The van der Waals surface area contributed by atoms with E-state index in [1.165, 1.54) is 23.1 Å². The first-order chi connectivity index (χ1) is 8.90. The van der Waals surface area contributed by atoms with Crippen molar-refractivity contribution in [3.8, 4) is 0 Å². The van der Waals surface area contributed by atoms with E-state index in [2.05, 4.69) is 0 Å². The first-order valence-electron chi connectivity index (χ1n) is 5.97. The van der Waals surface area contributed by atoms with Crippen LogP contribution < -0.4 is 5.73 Å². The lowest BCUT2D eigenvalue weighted by molar-refractivity contribution is -0.140. The van der Waals surface area contributed by atoms with E-state index in [1.54, 1.807) is 13.8 Å². The molecule has 102 valence electrons. The van der Waals surface area contributed by atoms with Crippen molar-refractivity contribution >= 4 is 29.3 Å². The van der Waals surface area contributed by atoms with Crippen LogP contribution in [0.5, 0.6) is 0 Å². The molecular weight excluding hydrogens is 267 g/mol. The molecular formula is C13H15FN2O2S. The van der Waals surface area contributed by atoms with Gasteiger partial charge in [0, 0.05) is 23.0 Å². The van der Waals surface area contributed by atoms with E-state index < -0.39 is 11.1 Å². The summed E-state index contributed by atoms with van der Waals surface area (Å²) in [5.74, 6) is -0.824. The molecule has 1 unspecified atom stereocenters. The van der Waals surface area contributed by atoms with Gasteiger partial charge in [0.05, 0.1) is 5.25 Å². The van der Waals surface area contributed by atoms with E-state index in [0.29, 0.717) is 10.6 Å². The average molecular weight is 282 g/mol. The minimum atomic E-state index is -0.515. The number of imide groups is 1. The highest BCUT2D eigenvalue weighted by molar-refractivity contribution is 8.00. The third-order valence-corrected chi connectivity index (χ3v) is 4.16. The van der Waals surface area contributed by atoms with Crippen molar-refractivity contribution in [2.24, 2.45) is 0 Å². The molecule has 0 bridgehead atoms. The van der Waals surface area contributed by atoms with Crippen LogP contribution in [0.3, 0.4) is 0 Å². The largest absolute Gasteiger partial charge is 0.398 e. The first-order valence-corrected chi connectivity index (χ1v) is 6.85. The Morgan fingerprint density at radius 3 is 2.68 bits per heavy atom. The molecule has 1 aliphatic rings. The molecule has 0 spiro atoms. The normalized spacial score (nSPS) is 19.6. The maximum absolute atomic E-state index is 13.2. The third kappa shape index (κ3) is 2.73. The summed E-state index contributed by atoms with van der Waals surface area (Å²) >= 11 is 1.15. The summed E-state index contributed by atoms with van der Waals surface area (Å²) in [6.45, 7) is 3.58. The summed E-state index contributed by atoms with van der Waals surface area (Å²) in [6.07, 6.45) is 0.137. The van der Waals surface area contributed by atoms with Crippen LogP contribution in [-0.4, -0.2) is 28.0 Å². The van der Waals surface area contributed by atoms with Gasteiger partial charge in [-0.1, -0.05) is 0 Å². The molecule has 2 N–H and O–H groups in total. The predicted molar refractivity (Wildman–Crippen MR) is 72.1 cm³/mol. The van der Waals surface area contributed by atoms with Gasteiger partial charge in [-0.2, -0.15) is 0 Å². The van der Waals surface area contributed by atoms with Crippen molar-refractivity contribution in [2.75, 3.05) is 5.73 Å². The smallest absolute Gasteiger partial charge is 0.243 e. The number of halogens is 1. The van der Waals surface area contributed by atoms with Crippen LogP contribution in [0, 0.1) is 5.82 Å². The second-order valence-corrected chi connectivity index (χ2v) is 5.93. The Kier molecular flexibility index (Phi) is 3.80. The number of thioether (sulfide) groups is 1. The van der Waals surface area contributed by atoms with Gasteiger partial charge in [0.2, 0.25) is 11.8 Å². The lowest BCUT2D eigenvalue weighted by atomic mass is 10.3. The zero-order valence-electron chi connectivity index (χ0n) is 10.7. The molecule has 0 radical (unpaired) electrons. The number of anilines is 1. The number of benzene rings is 1. The summed E-state index contributed by atoms with van der Waals surface area (Å²) in [5, 5.41) is -0.515. The molecule has 1 aromatic carbocycles. The second-order valence-electron chi connectivity index (χ2n) is 4.69. The number of nitrogens with zero attached hydrogens (tertiary/aromatic N) is 1. The topological polar surface area (TPSA) is 63.4 Å². The number of nitrogens with two attached hydrogens (primary N) is 1. The maximum atomic E-state index is 13.2. The van der Waals surface area contributed by atoms with Gasteiger partial charge in [0.1, 0.15) is 5.82 Å². The third-order valence-electron chi connectivity index (χ3n) is 2.90. The van der Waals surface area contributed by atoms with E-state index in [9.17, 15) is 14.0 Å². The summed E-state index contributed by atoms with van der Waals surface area (Å²) in [7, 11) is 0. The zero-order valence-corrected chi connectivity index (χ0v) is 11.5. The van der Waals surface area contributed by atoms with Gasteiger partial charge in [-0.05, 0) is 32.0 Å². The predicted octanol–water partition coefficient (Wildman–Crippen LogP) is 2.04. The van der Waals surface area contributed by atoms with E-state index in [-0.39, 0.29) is 24.3 Å². The first kappa shape index (κ1) is 13.9. The summed E-state index contributed by atoms with van der Waals surface area (Å²) < 4.78 is 13.2. The second kappa shape index (κ2) is 5.21. The SMILES string of the molecule is CC(C)N1C(=O)CC(Sc2cc(F)ccc2N)C1=O. The van der Waals surface area contributed by atoms with Gasteiger partial charge >= 0.3 is 0 Å². The molecule has 19 heavy (non-hydrogen) atoms. The van der Waals surface area contributed by atoms with Crippen molar-refractivity contribution in [3.63, 3.8) is 0 Å². The van der Waals surface area contributed by atoms with Crippen LogP contribution in [0.25, 0.3) is 0 Å². The number of hydrogen-bond donors (Lipinski definition) is 1. The van der Waals surface area contributed by atoms with E-state index in [0.717, 1.165) is 11.8 Å². The lowest BCUT2D eigenvalue weighted by Gasteiger charge is -2.18. The molecule has 1 saturated heterocycles. The highest BCUT2D eigenvalue weighted by Crippen LogP contribution is 2.35. The Hall–Kier alpha value is -1.56. The fourth-order valence-electron chi connectivity index (χ4n) is 2.02. The molecule has 0 aromatic heterocycles. The molecule has 0 aliphatic carbocycles. The van der Waals surface area contributed by atoms with Gasteiger partial charge in [0.25, 0.3) is 0 Å². The number of carbonyl (C=O) groups is 2. The van der Waals surface area contributed by atoms with Crippen LogP contribution >= 0.6 is 11.8 Å². The van der Waals surface area contributed by atoms with Crippen molar-refractivity contribution < 1.29 is 14.0 Å². The monoisotopic (exact) mass is 282 g/mol. The summed E-state index contributed by atoms with van der Waals surface area (Å²) in [5.41, 5.74) is 6.16. The Morgan fingerprint density at radius 1 is 1.42 bits per heavy atom. The molecule has 2 rings (SSSR count). The molecule has 6 heteroatoms. The van der Waals surface area contributed by atoms with E-state index in [4.69, 9.17) is 5.73 Å². The highest BCUT2D eigenvalue weighted by atomic mass is 32.2. The molecule has 1 heterocycles. The molecule has 1 aliphatic heterocycles. The van der Waals surface area contributed by atoms with Crippen molar-refractivity contribution in [1.29, 1.82) is 0 Å². The number of nitrogen functional groups attached to an aromatic ring is 1. The van der Waals surface area contributed by atoms with Crippen LogP contribution in [0.2, 0.25) is 0 Å². The standard InChI is InChI=1S/C13H15FN2O2S/c1-7(2)16-12(17)6-11(13(16)18)19-10-5-8(14)3-4-9(10)15/h3-5,7,11H,6,15H2,1-2H3. The lowest BCUT2D eigenvalue weighted by Crippen LogP contribution is -2.37. The number of hydrogen-bond acceptors (Lipinski definition) is 4. The summed E-state index contributed by atoms with van der Waals surface area (Å²) in [6, 6.07) is 3.85. The minimum Gasteiger partial charge on any atom is -0.398 e. The fraction of sp³-hybridized carbons (Fsp3) is 0.385. The molecule has 1 aromatic rings. The summed E-state index contributed by atoms with van der Waals surface area (Å²) in [4.78, 5) is 25.6. The molecule has 1 atom stereocenters. The van der Waals surface area contributed by atoms with Crippen LogP contribution in [0.4, 0.5) is 10.1 Å². The number of amides is 2. The van der Waals surface area contributed by atoms with Gasteiger partial charge < -0.3 is 5.73 Å². The number of rotatable bonds is 3. The Morgan fingerprint density at radius 2 is 2.11 bits per heavy atom. The Labute approximate surface area is 115 Å². The Bertz CT molecular complexity index is 533. The quantitative estimate of drug-likeness (QED) is 0.680. The fourth-order valence-corrected chi connectivity index (χ4v) is 3.15. The zero-order chi connectivity index (χ0) is 14.2. The number of likely N-dealkylation sites (tertiary alicyclic amines) is 1. The van der Waals surface area contributed by atoms with Crippen molar-refractivity contribution in [1.82, 2.24) is 4.90 Å².